The maximum absolute atomic E-state index is 14.2. The van der Waals surface area contributed by atoms with Crippen molar-refractivity contribution < 1.29 is 33.4 Å². The van der Waals surface area contributed by atoms with Gasteiger partial charge in [-0.05, 0) is 68.4 Å². The molecular weight excluding hydrogens is 813 g/mol. The first-order chi connectivity index (χ1) is 31.0. The lowest BCUT2D eigenvalue weighted by atomic mass is 9.84. The molecule has 1 aliphatic carbocycles. The number of nitrogens with zero attached hydrogens (tertiary/aromatic N) is 4. The number of amides is 4. The third-order valence-electron chi connectivity index (χ3n) is 12.5. The van der Waals surface area contributed by atoms with Gasteiger partial charge in [0.1, 0.15) is 48.4 Å². The number of hydrogen-bond donors (Lipinski definition) is 4. The number of rotatable bonds is 17. The van der Waals surface area contributed by atoms with E-state index in [0.717, 1.165) is 93.9 Å². The fourth-order valence-corrected chi connectivity index (χ4v) is 8.80. The van der Waals surface area contributed by atoms with Gasteiger partial charge in [-0.2, -0.15) is 0 Å². The zero-order valence-corrected chi connectivity index (χ0v) is 37.5. The Morgan fingerprint density at radius 3 is 2.02 bits per heavy atom. The van der Waals surface area contributed by atoms with Crippen molar-refractivity contribution in [1.29, 1.82) is 0 Å². The maximum atomic E-state index is 14.2. The van der Waals surface area contributed by atoms with E-state index >= 15 is 0 Å². The molecule has 1 saturated carbocycles. The van der Waals surface area contributed by atoms with Crippen molar-refractivity contribution in [1.82, 2.24) is 40.4 Å². The predicted octanol–water partition coefficient (Wildman–Crippen LogP) is 8.00. The molecule has 4 heterocycles. The molecule has 4 N–H and O–H groups in total. The number of benzene rings is 3. The monoisotopic (exact) mass is 870 g/mol. The average Bonchev–Trinajstić information content (AvgIpc) is 3.98. The van der Waals surface area contributed by atoms with Crippen LogP contribution in [0.2, 0.25) is 0 Å². The molecule has 0 radical (unpaired) electrons. The number of alkyl carbamates (subject to hydrolysis) is 1. The van der Waals surface area contributed by atoms with Crippen LogP contribution in [0.1, 0.15) is 107 Å². The highest BCUT2D eigenvalue weighted by Gasteiger charge is 2.35. The molecule has 336 valence electrons. The first kappa shape index (κ1) is 44.0. The fraction of sp³-hybridized carbons (Fsp3) is 0.429. The number of nitrogens with one attached hydrogen (secondary N) is 4. The standard InChI is InChI=1S/C49H58N8O7/c1-7-17-56(47(59)44(30-13-10-9-11-14-30)54-46(58)31-15-12-16-31)25-40-50-23-36(52-40)32-19-34-26-64-39-22-33(20-35-27-63-38(21-32)41(34)42(35)39)37-24-51-45(53-37)29(5)57(18-8-2)48(60)43(28(3)4)55-49(61)62-6/h9-11,13-14,19-24,28-29,31,43-44H,7-8,12,15-18,25-27H2,1-6H3,(H,50,52)(H,51,53)(H,54,58)(H,55,61)/t29-,43-,44+/m0/s1. The van der Waals surface area contributed by atoms with Gasteiger partial charge in [-0.25, -0.2) is 14.8 Å². The second-order valence-corrected chi connectivity index (χ2v) is 17.3. The van der Waals surface area contributed by atoms with Crippen molar-refractivity contribution in [3.05, 3.63) is 95.3 Å². The Morgan fingerprint density at radius 1 is 0.812 bits per heavy atom. The fourth-order valence-electron chi connectivity index (χ4n) is 8.80. The van der Waals surface area contributed by atoms with Crippen LogP contribution < -0.4 is 20.1 Å². The topological polar surface area (TPSA) is 184 Å². The largest absolute Gasteiger partial charge is 0.488 e. The van der Waals surface area contributed by atoms with Gasteiger partial charge >= 0.3 is 6.09 Å². The maximum Gasteiger partial charge on any atom is 0.407 e. The molecule has 1 fully saturated rings. The van der Waals surface area contributed by atoms with E-state index in [1.807, 2.05) is 77.1 Å². The molecule has 2 aliphatic heterocycles. The molecule has 0 saturated heterocycles. The third-order valence-corrected chi connectivity index (χ3v) is 12.5. The van der Waals surface area contributed by atoms with Crippen molar-refractivity contribution in [2.24, 2.45) is 11.8 Å². The van der Waals surface area contributed by atoms with E-state index < -0.39 is 24.2 Å². The summed E-state index contributed by atoms with van der Waals surface area (Å²) in [5, 5.41) is 5.77. The van der Waals surface area contributed by atoms with Gasteiger partial charge in [0.15, 0.2) is 0 Å². The molecule has 15 heteroatoms. The van der Waals surface area contributed by atoms with E-state index in [1.54, 1.807) is 22.2 Å². The van der Waals surface area contributed by atoms with Gasteiger partial charge in [-0.3, -0.25) is 14.4 Å². The van der Waals surface area contributed by atoms with Crippen molar-refractivity contribution in [3.63, 3.8) is 0 Å². The SMILES string of the molecule is CCCN(Cc1ncc(-c2cc3c4c(c2)OCc2cc(-c5cnc([C@H](C)N(CCC)C(=O)[C@@H](NC(=O)OC)C(C)C)[nH]5)cc(c2-4)OC3)[nH]1)C(=O)[C@H](NC(=O)C1CCC1)c1ccccc1. The lowest BCUT2D eigenvalue weighted by molar-refractivity contribution is -0.139. The number of aromatic amines is 2. The van der Waals surface area contributed by atoms with Crippen LogP contribution >= 0.6 is 0 Å². The molecule has 15 nitrogen and oxygen atoms in total. The average molecular weight is 871 g/mol. The van der Waals surface area contributed by atoms with E-state index in [1.165, 1.54) is 7.11 Å². The van der Waals surface area contributed by atoms with Gasteiger partial charge in [0.2, 0.25) is 17.7 Å². The van der Waals surface area contributed by atoms with Crippen molar-refractivity contribution >= 4 is 23.8 Å². The molecular formula is C49H58N8O7. The summed E-state index contributed by atoms with van der Waals surface area (Å²) in [7, 11) is 1.28. The zero-order chi connectivity index (χ0) is 45.1. The summed E-state index contributed by atoms with van der Waals surface area (Å²) in [6, 6.07) is 15.7. The van der Waals surface area contributed by atoms with Crippen molar-refractivity contribution in [2.45, 2.75) is 105 Å². The highest BCUT2D eigenvalue weighted by molar-refractivity contribution is 5.91. The van der Waals surface area contributed by atoms with E-state index in [9.17, 15) is 19.2 Å². The van der Waals surface area contributed by atoms with Gasteiger partial charge in [0.05, 0.1) is 43.5 Å². The summed E-state index contributed by atoms with van der Waals surface area (Å²) in [5.41, 5.74) is 8.05. The normalized spacial score (nSPS) is 15.1. The van der Waals surface area contributed by atoms with Gasteiger partial charge in [-0.15, -0.1) is 0 Å². The molecule has 0 bridgehead atoms. The molecule has 3 atom stereocenters. The van der Waals surface area contributed by atoms with Crippen LogP contribution in [0.3, 0.4) is 0 Å². The summed E-state index contributed by atoms with van der Waals surface area (Å²) in [6.45, 7) is 11.7. The van der Waals surface area contributed by atoms with Crippen LogP contribution in [0.25, 0.3) is 33.6 Å². The lowest BCUT2D eigenvalue weighted by Crippen LogP contribution is -2.52. The Balaban J connectivity index is 1.00. The van der Waals surface area contributed by atoms with Crippen LogP contribution in [0.15, 0.2) is 67.0 Å². The van der Waals surface area contributed by atoms with Crippen LogP contribution in [-0.4, -0.2) is 79.8 Å². The molecule has 5 aromatic rings. The van der Waals surface area contributed by atoms with Crippen LogP contribution in [-0.2, 0) is 38.9 Å². The first-order valence-electron chi connectivity index (χ1n) is 22.5. The van der Waals surface area contributed by atoms with Gasteiger partial charge in [0.25, 0.3) is 0 Å². The number of carbonyl (C=O) groups is 4. The Hall–Kier alpha value is -6.64. The van der Waals surface area contributed by atoms with E-state index in [2.05, 4.69) is 32.7 Å². The smallest absolute Gasteiger partial charge is 0.407 e. The molecule has 3 aliphatic rings. The van der Waals surface area contributed by atoms with Crippen LogP contribution in [0.5, 0.6) is 11.5 Å². The number of aromatic nitrogens is 4. The third kappa shape index (κ3) is 8.93. The minimum Gasteiger partial charge on any atom is -0.488 e. The number of H-pyrrole nitrogens is 2. The minimum absolute atomic E-state index is 0.0444. The Kier molecular flexibility index (Phi) is 13.1. The highest BCUT2D eigenvalue weighted by Crippen LogP contribution is 2.50. The molecule has 0 spiro atoms. The molecule has 4 amide bonds. The Labute approximate surface area is 373 Å². The lowest BCUT2D eigenvalue weighted by Gasteiger charge is -2.33. The number of methoxy groups -OCH3 is 1. The molecule has 2 aromatic heterocycles. The molecule has 8 rings (SSSR count). The summed E-state index contributed by atoms with van der Waals surface area (Å²) < 4.78 is 17.7. The van der Waals surface area contributed by atoms with E-state index in [-0.39, 0.29) is 36.1 Å². The van der Waals surface area contributed by atoms with Crippen molar-refractivity contribution in [3.8, 4) is 45.1 Å². The number of imidazole rings is 2. The number of ether oxygens (including phenoxy) is 3. The van der Waals surface area contributed by atoms with E-state index in [0.29, 0.717) is 38.0 Å². The minimum atomic E-state index is -0.786. The van der Waals surface area contributed by atoms with Crippen LogP contribution in [0, 0.1) is 11.8 Å². The summed E-state index contributed by atoms with van der Waals surface area (Å²) in [5.74, 6) is 2.12. The molecule has 0 unspecified atom stereocenters. The first-order valence-corrected chi connectivity index (χ1v) is 22.5. The quantitative estimate of drug-likeness (QED) is 0.0719. The summed E-state index contributed by atoms with van der Waals surface area (Å²) >= 11 is 0. The Morgan fingerprint density at radius 2 is 1.44 bits per heavy atom. The second kappa shape index (κ2) is 19.0. The molecule has 3 aromatic carbocycles. The van der Waals surface area contributed by atoms with Crippen molar-refractivity contribution in [2.75, 3.05) is 20.2 Å². The highest BCUT2D eigenvalue weighted by atomic mass is 16.5. The van der Waals surface area contributed by atoms with Gasteiger partial charge < -0.3 is 44.6 Å². The van der Waals surface area contributed by atoms with Gasteiger partial charge in [0, 0.05) is 52.4 Å². The van der Waals surface area contributed by atoms with Crippen LogP contribution in [0.4, 0.5) is 4.79 Å². The number of hydrogen-bond acceptors (Lipinski definition) is 9. The summed E-state index contributed by atoms with van der Waals surface area (Å²) in [6.07, 6.45) is 7.10. The molecule has 64 heavy (non-hydrogen) atoms. The Bertz CT molecular complexity index is 2460. The number of carbonyl (C=O) groups excluding carboxylic acids is 4. The van der Waals surface area contributed by atoms with Gasteiger partial charge in [-0.1, -0.05) is 64.4 Å². The zero-order valence-electron chi connectivity index (χ0n) is 37.5. The predicted molar refractivity (Wildman–Crippen MR) is 241 cm³/mol. The van der Waals surface area contributed by atoms with E-state index in [4.69, 9.17) is 24.2 Å². The second-order valence-electron chi connectivity index (χ2n) is 17.3. The summed E-state index contributed by atoms with van der Waals surface area (Å²) in [4.78, 5) is 73.1.